The zero-order chi connectivity index (χ0) is 13.8. The van der Waals surface area contributed by atoms with E-state index < -0.39 is 6.10 Å². The van der Waals surface area contributed by atoms with Crippen molar-refractivity contribution in [3.05, 3.63) is 23.8 Å². The third kappa shape index (κ3) is 2.87. The molecule has 0 fully saturated rings. The molecule has 7 heteroatoms. The van der Waals surface area contributed by atoms with E-state index in [-0.39, 0.29) is 5.91 Å². The highest BCUT2D eigenvalue weighted by Gasteiger charge is 2.15. The molecule has 0 aliphatic heterocycles. The zero-order valence-electron chi connectivity index (χ0n) is 11.0. The lowest BCUT2D eigenvalue weighted by Gasteiger charge is -2.10. The predicted octanol–water partition coefficient (Wildman–Crippen LogP) is 0.187. The SMILES string of the molecule is CCc1c(C(=O)NCCC(C)O)cnc2ncnn12. The smallest absolute Gasteiger partial charge is 0.254 e. The molecule has 0 spiro atoms. The number of carbonyl (C=O) groups is 1. The number of amides is 1. The number of hydrogen-bond donors (Lipinski definition) is 2. The Hall–Kier alpha value is -2.02. The van der Waals surface area contributed by atoms with Crippen molar-refractivity contribution in [2.45, 2.75) is 32.8 Å². The second-order valence-electron chi connectivity index (χ2n) is 4.34. The van der Waals surface area contributed by atoms with Crippen LogP contribution in [-0.2, 0) is 6.42 Å². The summed E-state index contributed by atoms with van der Waals surface area (Å²) < 4.78 is 1.57. The van der Waals surface area contributed by atoms with Crippen molar-refractivity contribution in [1.82, 2.24) is 24.9 Å². The van der Waals surface area contributed by atoms with Gasteiger partial charge in [0.15, 0.2) is 0 Å². The van der Waals surface area contributed by atoms with Crippen LogP contribution in [-0.4, -0.2) is 43.2 Å². The molecule has 0 aliphatic carbocycles. The molecular weight excluding hydrogens is 246 g/mol. The van der Waals surface area contributed by atoms with Crippen LogP contribution < -0.4 is 5.32 Å². The van der Waals surface area contributed by atoms with Crippen LogP contribution in [0, 0.1) is 0 Å². The quantitative estimate of drug-likeness (QED) is 0.803. The molecule has 2 aromatic rings. The van der Waals surface area contributed by atoms with E-state index in [0.29, 0.717) is 30.7 Å². The number of aromatic nitrogens is 4. The summed E-state index contributed by atoms with van der Waals surface area (Å²) in [5, 5.41) is 16.0. The van der Waals surface area contributed by atoms with Gasteiger partial charge < -0.3 is 10.4 Å². The van der Waals surface area contributed by atoms with Crippen LogP contribution in [0.2, 0.25) is 0 Å². The summed E-state index contributed by atoms with van der Waals surface area (Å²) in [4.78, 5) is 20.2. The normalized spacial score (nSPS) is 12.6. The summed E-state index contributed by atoms with van der Waals surface area (Å²) in [6, 6.07) is 0. The molecule has 7 nitrogen and oxygen atoms in total. The van der Waals surface area contributed by atoms with Crippen LogP contribution in [0.5, 0.6) is 0 Å². The van der Waals surface area contributed by atoms with Crippen LogP contribution in [0.15, 0.2) is 12.5 Å². The summed E-state index contributed by atoms with van der Waals surface area (Å²) >= 11 is 0. The van der Waals surface area contributed by atoms with Gasteiger partial charge in [0.05, 0.1) is 17.4 Å². The molecule has 2 heterocycles. The Balaban J connectivity index is 2.21. The first-order valence-corrected chi connectivity index (χ1v) is 6.27. The molecule has 102 valence electrons. The van der Waals surface area contributed by atoms with E-state index in [1.165, 1.54) is 12.5 Å². The van der Waals surface area contributed by atoms with Crippen molar-refractivity contribution in [2.24, 2.45) is 0 Å². The minimum Gasteiger partial charge on any atom is -0.393 e. The van der Waals surface area contributed by atoms with Crippen LogP contribution in [0.4, 0.5) is 0 Å². The fourth-order valence-electron chi connectivity index (χ4n) is 1.84. The minimum absolute atomic E-state index is 0.206. The van der Waals surface area contributed by atoms with Gasteiger partial charge in [-0.25, -0.2) is 9.50 Å². The summed E-state index contributed by atoms with van der Waals surface area (Å²) in [5.41, 5.74) is 1.27. The Bertz CT molecular complexity index is 579. The van der Waals surface area contributed by atoms with E-state index in [1.54, 1.807) is 11.4 Å². The second-order valence-corrected chi connectivity index (χ2v) is 4.34. The monoisotopic (exact) mass is 263 g/mol. The number of aliphatic hydroxyl groups is 1. The Morgan fingerprint density at radius 2 is 2.32 bits per heavy atom. The third-order valence-electron chi connectivity index (χ3n) is 2.83. The number of carbonyl (C=O) groups excluding carboxylic acids is 1. The number of rotatable bonds is 5. The number of aryl methyl sites for hydroxylation is 1. The Labute approximate surface area is 110 Å². The van der Waals surface area contributed by atoms with E-state index in [9.17, 15) is 4.79 Å². The molecule has 0 radical (unpaired) electrons. The highest BCUT2D eigenvalue weighted by atomic mass is 16.3. The van der Waals surface area contributed by atoms with Gasteiger partial charge >= 0.3 is 0 Å². The predicted molar refractivity (Wildman–Crippen MR) is 68.8 cm³/mol. The zero-order valence-corrected chi connectivity index (χ0v) is 11.0. The topological polar surface area (TPSA) is 92.4 Å². The first-order chi connectivity index (χ1) is 9.13. The summed E-state index contributed by atoms with van der Waals surface area (Å²) in [5.74, 6) is 0.278. The summed E-state index contributed by atoms with van der Waals surface area (Å²) in [6.07, 6.45) is 3.67. The van der Waals surface area contributed by atoms with Crippen LogP contribution in [0.1, 0.15) is 36.3 Å². The third-order valence-corrected chi connectivity index (χ3v) is 2.83. The molecule has 1 unspecified atom stereocenters. The van der Waals surface area contributed by atoms with Crippen molar-refractivity contribution in [3.8, 4) is 0 Å². The van der Waals surface area contributed by atoms with Crippen molar-refractivity contribution in [1.29, 1.82) is 0 Å². The Morgan fingerprint density at radius 3 is 3.00 bits per heavy atom. The van der Waals surface area contributed by atoms with Crippen LogP contribution in [0.3, 0.4) is 0 Å². The maximum atomic E-state index is 12.1. The van der Waals surface area contributed by atoms with E-state index in [1.807, 2.05) is 6.92 Å². The van der Waals surface area contributed by atoms with Gasteiger partial charge in [-0.05, 0) is 19.8 Å². The lowest BCUT2D eigenvalue weighted by atomic mass is 10.1. The molecule has 0 bridgehead atoms. The first-order valence-electron chi connectivity index (χ1n) is 6.27. The highest BCUT2D eigenvalue weighted by molar-refractivity contribution is 5.95. The van der Waals surface area contributed by atoms with Crippen molar-refractivity contribution in [2.75, 3.05) is 6.54 Å². The Morgan fingerprint density at radius 1 is 1.53 bits per heavy atom. The molecule has 0 aliphatic rings. The molecule has 2 rings (SSSR count). The second kappa shape index (κ2) is 5.75. The number of nitrogens with zero attached hydrogens (tertiary/aromatic N) is 4. The standard InChI is InChI=1S/C12H17N5O2/c1-3-10-9(11(19)13-5-4-8(2)18)6-14-12-15-7-16-17(10)12/h6-8,18H,3-5H2,1-2H3,(H,13,19). The van der Waals surface area contributed by atoms with E-state index in [4.69, 9.17) is 5.11 Å². The van der Waals surface area contributed by atoms with Gasteiger partial charge in [-0.15, -0.1) is 0 Å². The molecule has 0 aromatic carbocycles. The molecule has 1 atom stereocenters. The van der Waals surface area contributed by atoms with Gasteiger partial charge in [-0.3, -0.25) is 4.79 Å². The molecule has 19 heavy (non-hydrogen) atoms. The van der Waals surface area contributed by atoms with Crippen molar-refractivity contribution < 1.29 is 9.90 Å². The average molecular weight is 263 g/mol. The van der Waals surface area contributed by atoms with Gasteiger partial charge in [0.1, 0.15) is 6.33 Å². The van der Waals surface area contributed by atoms with Gasteiger partial charge in [0.25, 0.3) is 11.7 Å². The fraction of sp³-hybridized carbons (Fsp3) is 0.500. The summed E-state index contributed by atoms with van der Waals surface area (Å²) in [6.45, 7) is 4.06. The Kier molecular flexibility index (Phi) is 4.06. The number of nitrogens with one attached hydrogen (secondary N) is 1. The average Bonchev–Trinajstić information content (AvgIpc) is 2.85. The summed E-state index contributed by atoms with van der Waals surface area (Å²) in [7, 11) is 0. The maximum Gasteiger partial charge on any atom is 0.254 e. The van der Waals surface area contributed by atoms with Crippen LogP contribution >= 0.6 is 0 Å². The number of hydrogen-bond acceptors (Lipinski definition) is 5. The number of fused-ring (bicyclic) bond motifs is 1. The van der Waals surface area contributed by atoms with Gasteiger partial charge in [0, 0.05) is 12.7 Å². The lowest BCUT2D eigenvalue weighted by molar-refractivity contribution is 0.0943. The molecular formula is C12H17N5O2. The molecule has 1 amide bonds. The molecule has 0 saturated heterocycles. The lowest BCUT2D eigenvalue weighted by Crippen LogP contribution is -2.28. The van der Waals surface area contributed by atoms with Gasteiger partial charge in [-0.1, -0.05) is 6.92 Å². The van der Waals surface area contributed by atoms with E-state index >= 15 is 0 Å². The first kappa shape index (κ1) is 13.4. The van der Waals surface area contributed by atoms with Crippen LogP contribution in [0.25, 0.3) is 5.78 Å². The van der Waals surface area contributed by atoms with Crippen molar-refractivity contribution in [3.63, 3.8) is 0 Å². The maximum absolute atomic E-state index is 12.1. The fourth-order valence-corrected chi connectivity index (χ4v) is 1.84. The van der Waals surface area contributed by atoms with Crippen molar-refractivity contribution >= 4 is 11.7 Å². The number of aliphatic hydroxyl groups excluding tert-OH is 1. The molecule has 2 N–H and O–H groups in total. The minimum atomic E-state index is -0.429. The molecule has 0 saturated carbocycles. The molecule has 2 aromatic heterocycles. The van der Waals surface area contributed by atoms with Gasteiger partial charge in [-0.2, -0.15) is 10.1 Å². The highest BCUT2D eigenvalue weighted by Crippen LogP contribution is 2.09. The van der Waals surface area contributed by atoms with Gasteiger partial charge in [0.2, 0.25) is 0 Å². The van der Waals surface area contributed by atoms with E-state index in [2.05, 4.69) is 20.4 Å². The van der Waals surface area contributed by atoms with E-state index in [0.717, 1.165) is 5.69 Å². The largest absolute Gasteiger partial charge is 0.393 e.